The molecule has 2 saturated heterocycles. The van der Waals surface area contributed by atoms with Gasteiger partial charge in [0.25, 0.3) is 0 Å². The lowest BCUT2D eigenvalue weighted by Gasteiger charge is -2.60. The van der Waals surface area contributed by atoms with Crippen molar-refractivity contribution in [1.29, 1.82) is 0 Å². The highest BCUT2D eigenvalue weighted by Gasteiger charge is 2.54. The summed E-state index contributed by atoms with van der Waals surface area (Å²) in [6, 6.07) is 8.98. The largest absolute Gasteiger partial charge is 0.316 e. The fraction of sp³-hybridized carbons (Fsp3) is 0.704. The van der Waals surface area contributed by atoms with Gasteiger partial charge >= 0.3 is 11.1 Å². The number of aromatic nitrogens is 2. The van der Waals surface area contributed by atoms with Crippen LogP contribution in [-0.2, 0) is 0 Å². The Labute approximate surface area is 190 Å². The Morgan fingerprint density at radius 1 is 0.969 bits per heavy atom. The molecule has 1 N–H and O–H groups in total. The first kappa shape index (κ1) is 20.7. The number of piperidine rings is 2. The summed E-state index contributed by atoms with van der Waals surface area (Å²) >= 11 is 0. The molecular formula is C27H37N3O2. The van der Waals surface area contributed by atoms with Crippen LogP contribution in [0.1, 0.15) is 77.7 Å². The van der Waals surface area contributed by atoms with Crippen molar-refractivity contribution >= 4 is 11.0 Å². The van der Waals surface area contributed by atoms with Crippen LogP contribution in [0, 0.1) is 23.2 Å². The second kappa shape index (κ2) is 7.58. The topological polar surface area (TPSA) is 58.1 Å². The first-order valence-corrected chi connectivity index (χ1v) is 12.9. The molecule has 5 nitrogen and oxygen atoms in total. The molecule has 5 fully saturated rings. The third-order valence-electron chi connectivity index (χ3n) is 10.1. The summed E-state index contributed by atoms with van der Waals surface area (Å²) < 4.78 is 1.83. The smallest absolute Gasteiger partial charge is 0.316 e. The molecule has 2 aromatic rings. The minimum absolute atomic E-state index is 0.127. The molecule has 3 heterocycles. The number of rotatable bonds is 4. The maximum absolute atomic E-state index is 12.9. The predicted molar refractivity (Wildman–Crippen MR) is 128 cm³/mol. The van der Waals surface area contributed by atoms with Crippen LogP contribution in [0.25, 0.3) is 11.0 Å². The van der Waals surface area contributed by atoms with Gasteiger partial charge in [-0.05, 0) is 93.2 Å². The number of hydrogen-bond acceptors (Lipinski definition) is 3. The summed E-state index contributed by atoms with van der Waals surface area (Å²) in [5.41, 5.74) is 1.33. The van der Waals surface area contributed by atoms with Crippen LogP contribution >= 0.6 is 0 Å². The van der Waals surface area contributed by atoms with Crippen molar-refractivity contribution in [2.75, 3.05) is 6.54 Å². The number of fused-ring (bicyclic) bond motifs is 5. The second-order valence-electron chi connectivity index (χ2n) is 11.7. The molecule has 5 aliphatic rings. The number of H-pyrrole nitrogens is 1. The van der Waals surface area contributed by atoms with Crippen LogP contribution < -0.4 is 11.1 Å². The van der Waals surface area contributed by atoms with Crippen molar-refractivity contribution < 1.29 is 0 Å². The van der Waals surface area contributed by atoms with Crippen LogP contribution in [0.3, 0.4) is 0 Å². The molecule has 32 heavy (non-hydrogen) atoms. The van der Waals surface area contributed by atoms with E-state index in [4.69, 9.17) is 0 Å². The van der Waals surface area contributed by atoms with E-state index in [9.17, 15) is 9.59 Å². The van der Waals surface area contributed by atoms with Gasteiger partial charge in [0.05, 0.1) is 11.0 Å². The molecule has 6 atom stereocenters. The van der Waals surface area contributed by atoms with Crippen LogP contribution in [-0.4, -0.2) is 33.1 Å². The minimum Gasteiger partial charge on any atom is -0.316 e. The van der Waals surface area contributed by atoms with Crippen LogP contribution in [0.5, 0.6) is 0 Å². The summed E-state index contributed by atoms with van der Waals surface area (Å²) in [5, 5.41) is 0. The molecule has 1 aromatic carbocycles. The molecule has 5 heteroatoms. The van der Waals surface area contributed by atoms with Gasteiger partial charge in [-0.1, -0.05) is 32.4 Å². The van der Waals surface area contributed by atoms with Gasteiger partial charge < -0.3 is 4.98 Å². The Morgan fingerprint density at radius 2 is 1.72 bits per heavy atom. The van der Waals surface area contributed by atoms with E-state index in [1.165, 1.54) is 51.5 Å². The third-order valence-corrected chi connectivity index (χ3v) is 10.1. The normalized spacial score (nSPS) is 36.1. The van der Waals surface area contributed by atoms with E-state index in [-0.39, 0.29) is 11.6 Å². The van der Waals surface area contributed by atoms with Crippen molar-refractivity contribution in [3.63, 3.8) is 0 Å². The van der Waals surface area contributed by atoms with E-state index in [2.05, 4.69) is 23.7 Å². The van der Waals surface area contributed by atoms with Crippen molar-refractivity contribution in [2.24, 2.45) is 23.2 Å². The zero-order valence-corrected chi connectivity index (χ0v) is 19.6. The summed E-state index contributed by atoms with van der Waals surface area (Å²) in [7, 11) is 0. The standard InChI is InChI=1S/C27H37N3O2/c1-27(2)18-11-10-17(22(27)14-18)12-13-29-19-6-5-7-20(29)16-21(15-19)30-24-9-4-3-8-23(24)28-25(31)26(30)32/h3-4,8-9,17-22H,5-7,10-16H2,1-2H3,(H,28,31)/t17-,18-,19-,20+,21?,22-/m0/s1. The van der Waals surface area contributed by atoms with Gasteiger partial charge in [-0.25, -0.2) is 0 Å². The number of para-hydroxylation sites is 2. The molecule has 7 rings (SSSR count). The molecule has 2 aliphatic heterocycles. The number of nitrogens with one attached hydrogen (secondary N) is 1. The first-order valence-electron chi connectivity index (χ1n) is 12.9. The van der Waals surface area contributed by atoms with Gasteiger partial charge in [0.15, 0.2) is 0 Å². The molecule has 3 aliphatic carbocycles. The average molecular weight is 436 g/mol. The highest BCUT2D eigenvalue weighted by Crippen LogP contribution is 2.62. The molecule has 0 spiro atoms. The van der Waals surface area contributed by atoms with Crippen molar-refractivity contribution in [1.82, 2.24) is 14.5 Å². The minimum atomic E-state index is -0.491. The molecular weight excluding hydrogens is 398 g/mol. The van der Waals surface area contributed by atoms with Gasteiger partial charge in [0, 0.05) is 18.1 Å². The number of nitrogens with zero attached hydrogens (tertiary/aromatic N) is 2. The molecule has 1 aromatic heterocycles. The fourth-order valence-corrected chi connectivity index (χ4v) is 8.20. The lowest BCUT2D eigenvalue weighted by molar-refractivity contribution is -0.111. The highest BCUT2D eigenvalue weighted by molar-refractivity contribution is 5.74. The Balaban J connectivity index is 1.22. The average Bonchev–Trinajstić information content (AvgIpc) is 2.78. The molecule has 1 unspecified atom stereocenters. The predicted octanol–water partition coefficient (Wildman–Crippen LogP) is 4.71. The number of hydrogen-bond donors (Lipinski definition) is 1. The van der Waals surface area contributed by atoms with Gasteiger partial charge in [0.2, 0.25) is 0 Å². The third kappa shape index (κ3) is 3.14. The van der Waals surface area contributed by atoms with Crippen LogP contribution in [0.4, 0.5) is 0 Å². The Bertz CT molecular complexity index is 1120. The van der Waals surface area contributed by atoms with Crippen LogP contribution in [0.15, 0.2) is 33.9 Å². The summed E-state index contributed by atoms with van der Waals surface area (Å²) in [6.45, 7) is 6.22. The van der Waals surface area contributed by atoms with Crippen molar-refractivity contribution in [3.8, 4) is 0 Å². The van der Waals surface area contributed by atoms with E-state index in [1.807, 2.05) is 28.8 Å². The Morgan fingerprint density at radius 3 is 2.44 bits per heavy atom. The summed E-state index contributed by atoms with van der Waals surface area (Å²) in [4.78, 5) is 30.9. The van der Waals surface area contributed by atoms with Gasteiger partial charge in [-0.3, -0.25) is 19.1 Å². The molecule has 172 valence electrons. The van der Waals surface area contributed by atoms with Gasteiger partial charge in [-0.2, -0.15) is 0 Å². The first-order chi connectivity index (χ1) is 15.4. The Kier molecular flexibility index (Phi) is 4.90. The van der Waals surface area contributed by atoms with Crippen molar-refractivity contribution in [2.45, 2.75) is 89.8 Å². The molecule has 3 saturated carbocycles. The lowest BCUT2D eigenvalue weighted by Crippen LogP contribution is -2.56. The quantitative estimate of drug-likeness (QED) is 0.708. The van der Waals surface area contributed by atoms with Crippen LogP contribution in [0.2, 0.25) is 0 Å². The van der Waals surface area contributed by atoms with Gasteiger partial charge in [-0.15, -0.1) is 0 Å². The molecule has 4 bridgehead atoms. The maximum atomic E-state index is 12.9. The van der Waals surface area contributed by atoms with E-state index in [1.54, 1.807) is 0 Å². The lowest BCUT2D eigenvalue weighted by atomic mass is 9.45. The number of aromatic amines is 1. The molecule has 0 radical (unpaired) electrons. The number of benzene rings is 1. The summed E-state index contributed by atoms with van der Waals surface area (Å²) in [5.74, 6) is 2.80. The second-order valence-corrected chi connectivity index (χ2v) is 11.7. The highest BCUT2D eigenvalue weighted by atomic mass is 16.2. The zero-order valence-electron chi connectivity index (χ0n) is 19.6. The Hall–Kier alpha value is -1.88. The van der Waals surface area contributed by atoms with Crippen molar-refractivity contribution in [3.05, 3.63) is 45.0 Å². The monoisotopic (exact) mass is 435 g/mol. The maximum Gasteiger partial charge on any atom is 0.316 e. The SMILES string of the molecule is CC1(C)[C@H]2CC[C@@H](CCN3[C@@H]4CCC[C@H]3CC(n3c(=O)c(=O)[nH]c5ccccc53)C4)[C@@H]1C2. The van der Waals surface area contributed by atoms with E-state index < -0.39 is 5.56 Å². The zero-order chi connectivity index (χ0) is 22.0. The molecule has 0 amide bonds. The van der Waals surface area contributed by atoms with Gasteiger partial charge in [0.1, 0.15) is 0 Å². The van der Waals surface area contributed by atoms with E-state index in [0.29, 0.717) is 17.5 Å². The van der Waals surface area contributed by atoms with E-state index >= 15 is 0 Å². The van der Waals surface area contributed by atoms with E-state index in [0.717, 1.165) is 41.6 Å². The summed E-state index contributed by atoms with van der Waals surface area (Å²) in [6.07, 6.45) is 11.4. The fourth-order valence-electron chi connectivity index (χ4n) is 8.20.